The van der Waals surface area contributed by atoms with Crippen molar-refractivity contribution in [3.63, 3.8) is 0 Å². The minimum absolute atomic E-state index is 0.122. The van der Waals surface area contributed by atoms with Crippen molar-refractivity contribution in [1.82, 2.24) is 15.5 Å². The van der Waals surface area contributed by atoms with Crippen LogP contribution in [0.2, 0.25) is 0 Å². The molecule has 2 aromatic carbocycles. The zero-order valence-electron chi connectivity index (χ0n) is 19.5. The van der Waals surface area contributed by atoms with Crippen LogP contribution in [0.5, 0.6) is 0 Å². The Morgan fingerprint density at radius 3 is 2.42 bits per heavy atom. The maximum Gasteiger partial charge on any atom is 0.256 e. The van der Waals surface area contributed by atoms with E-state index in [1.807, 2.05) is 82.3 Å². The number of hydrogen-bond acceptors (Lipinski definition) is 4. The average molecular weight is 466 g/mol. The molecule has 3 amide bonds. The number of hydrogen-bond donors (Lipinski definition) is 2. The highest BCUT2D eigenvalue weighted by Gasteiger charge is 2.57. The predicted octanol–water partition coefficient (Wildman–Crippen LogP) is 3.88. The molecule has 174 valence electrons. The van der Waals surface area contributed by atoms with Gasteiger partial charge in [0.1, 0.15) is 17.5 Å². The molecule has 0 aliphatic carbocycles. The third-order valence-electron chi connectivity index (χ3n) is 6.19. The van der Waals surface area contributed by atoms with Crippen LogP contribution in [0, 0.1) is 5.92 Å². The molecule has 2 heterocycles. The van der Waals surface area contributed by atoms with Gasteiger partial charge >= 0.3 is 0 Å². The molecule has 0 unspecified atom stereocenters. The largest absolute Gasteiger partial charge is 0.350 e. The number of nitrogens with zero attached hydrogens (tertiary/aromatic N) is 1. The second-order valence-electron chi connectivity index (χ2n) is 9.67. The topological polar surface area (TPSA) is 78.5 Å². The van der Waals surface area contributed by atoms with Crippen molar-refractivity contribution in [3.8, 4) is 0 Å². The highest BCUT2D eigenvalue weighted by Crippen LogP contribution is 2.56. The lowest BCUT2D eigenvalue weighted by atomic mass is 9.98. The summed E-state index contributed by atoms with van der Waals surface area (Å²) in [5.74, 6) is -0.398. The summed E-state index contributed by atoms with van der Waals surface area (Å²) in [5, 5.41) is 5.75. The number of benzene rings is 2. The molecule has 3 atom stereocenters. The first-order chi connectivity index (χ1) is 15.7. The van der Waals surface area contributed by atoms with Gasteiger partial charge in [-0.15, -0.1) is 11.8 Å². The maximum atomic E-state index is 13.6. The number of carbonyl (C=O) groups excluding carboxylic acids is 3. The number of fused-ring (bicyclic) bond motifs is 3. The van der Waals surface area contributed by atoms with E-state index in [0.29, 0.717) is 18.5 Å². The summed E-state index contributed by atoms with van der Waals surface area (Å²) in [5.41, 5.74) is 2.61. The van der Waals surface area contributed by atoms with Gasteiger partial charge < -0.3 is 15.5 Å². The van der Waals surface area contributed by atoms with Crippen molar-refractivity contribution in [2.24, 2.45) is 5.92 Å². The van der Waals surface area contributed by atoms with E-state index in [1.54, 1.807) is 16.7 Å². The highest BCUT2D eigenvalue weighted by molar-refractivity contribution is 8.01. The van der Waals surface area contributed by atoms with Crippen molar-refractivity contribution in [3.05, 3.63) is 71.3 Å². The summed E-state index contributed by atoms with van der Waals surface area (Å²) >= 11 is 1.62. The Morgan fingerprint density at radius 1 is 1.06 bits per heavy atom. The summed E-state index contributed by atoms with van der Waals surface area (Å²) in [4.78, 5) is 41.5. The van der Waals surface area contributed by atoms with Crippen molar-refractivity contribution in [2.75, 3.05) is 0 Å². The zero-order chi connectivity index (χ0) is 23.8. The van der Waals surface area contributed by atoms with Gasteiger partial charge in [-0.05, 0) is 43.4 Å². The molecule has 1 saturated heterocycles. The van der Waals surface area contributed by atoms with Gasteiger partial charge in [0, 0.05) is 16.9 Å². The third-order valence-corrected chi connectivity index (χ3v) is 7.73. The maximum absolute atomic E-state index is 13.6. The Morgan fingerprint density at radius 2 is 1.73 bits per heavy atom. The molecule has 0 bridgehead atoms. The fourth-order valence-corrected chi connectivity index (χ4v) is 6.25. The van der Waals surface area contributed by atoms with Crippen molar-refractivity contribution in [1.29, 1.82) is 0 Å². The number of thioether (sulfide) groups is 1. The van der Waals surface area contributed by atoms with Gasteiger partial charge in [0.15, 0.2) is 0 Å². The lowest BCUT2D eigenvalue weighted by Crippen LogP contribution is -2.57. The zero-order valence-corrected chi connectivity index (χ0v) is 20.3. The molecule has 2 N–H and O–H groups in total. The van der Waals surface area contributed by atoms with Gasteiger partial charge in [0.05, 0.1) is 0 Å². The summed E-state index contributed by atoms with van der Waals surface area (Å²) in [6.45, 7) is 8.42. The van der Waals surface area contributed by atoms with E-state index >= 15 is 0 Å². The van der Waals surface area contributed by atoms with Crippen LogP contribution in [-0.4, -0.2) is 39.5 Å². The summed E-state index contributed by atoms with van der Waals surface area (Å²) in [7, 11) is 0. The second-order valence-corrected chi connectivity index (χ2v) is 11.4. The van der Waals surface area contributed by atoms with E-state index in [2.05, 4.69) is 10.6 Å². The average Bonchev–Trinajstić information content (AvgIpc) is 3.21. The SMILES string of the molecule is CC(C)C[C@H](NC(=O)[C@@H]1N2C(=O)c3ccccc3[C@@H]2SC1(C)C)C(=O)NCc1ccccc1. The minimum atomic E-state index is -0.666. The number of amides is 3. The monoisotopic (exact) mass is 465 g/mol. The fourth-order valence-electron chi connectivity index (χ4n) is 4.67. The lowest BCUT2D eigenvalue weighted by Gasteiger charge is -2.31. The molecule has 0 saturated carbocycles. The number of nitrogens with one attached hydrogen (secondary N) is 2. The first-order valence-electron chi connectivity index (χ1n) is 11.4. The molecular formula is C26H31N3O3S. The van der Waals surface area contributed by atoms with E-state index in [0.717, 1.165) is 11.1 Å². The highest BCUT2D eigenvalue weighted by atomic mass is 32.2. The van der Waals surface area contributed by atoms with E-state index < -0.39 is 16.8 Å². The first-order valence-corrected chi connectivity index (χ1v) is 12.3. The number of carbonyl (C=O) groups is 3. The molecule has 7 heteroatoms. The van der Waals surface area contributed by atoms with Crippen LogP contribution in [0.1, 0.15) is 61.0 Å². The molecule has 2 aromatic rings. The summed E-state index contributed by atoms with van der Waals surface area (Å²) in [6, 6.07) is 15.9. The van der Waals surface area contributed by atoms with Crippen LogP contribution in [-0.2, 0) is 16.1 Å². The first kappa shape index (κ1) is 23.4. The Hall–Kier alpha value is -2.80. The van der Waals surface area contributed by atoms with Crippen LogP contribution in [0.3, 0.4) is 0 Å². The molecule has 4 rings (SSSR count). The molecule has 0 radical (unpaired) electrons. The molecule has 33 heavy (non-hydrogen) atoms. The van der Waals surface area contributed by atoms with E-state index in [4.69, 9.17) is 0 Å². The van der Waals surface area contributed by atoms with Crippen LogP contribution >= 0.6 is 11.8 Å². The number of rotatable bonds is 7. The van der Waals surface area contributed by atoms with Gasteiger partial charge in [-0.3, -0.25) is 14.4 Å². The van der Waals surface area contributed by atoms with Crippen LogP contribution in [0.15, 0.2) is 54.6 Å². The van der Waals surface area contributed by atoms with E-state index in [9.17, 15) is 14.4 Å². The Labute approximate surface area is 199 Å². The van der Waals surface area contributed by atoms with Crippen LogP contribution in [0.4, 0.5) is 0 Å². The smallest absolute Gasteiger partial charge is 0.256 e. The summed E-state index contributed by atoms with van der Waals surface area (Å²) < 4.78 is -0.485. The van der Waals surface area contributed by atoms with Crippen molar-refractivity contribution in [2.45, 2.75) is 62.9 Å². The normalized spacial score (nSPS) is 21.5. The van der Waals surface area contributed by atoms with Gasteiger partial charge in [-0.2, -0.15) is 0 Å². The van der Waals surface area contributed by atoms with Crippen molar-refractivity contribution >= 4 is 29.5 Å². The van der Waals surface area contributed by atoms with Gasteiger partial charge in [0.25, 0.3) is 5.91 Å². The standard InChI is InChI=1S/C26H31N3O3S/c1-16(2)14-20(22(30)27-15-17-10-6-5-7-11-17)28-23(31)21-26(3,4)33-25-19-13-9-8-12-18(19)24(32)29(21)25/h5-13,16,20-21,25H,14-15H2,1-4H3,(H,27,30)(H,28,31)/t20-,21-,25-/m0/s1. The molecule has 0 spiro atoms. The Balaban J connectivity index is 1.51. The molecule has 2 aliphatic heterocycles. The Kier molecular flexibility index (Phi) is 6.52. The minimum Gasteiger partial charge on any atom is -0.350 e. The lowest BCUT2D eigenvalue weighted by molar-refractivity contribution is -0.132. The van der Waals surface area contributed by atoms with E-state index in [-0.39, 0.29) is 29.0 Å². The molecule has 2 aliphatic rings. The Bertz CT molecular complexity index is 1050. The van der Waals surface area contributed by atoms with Crippen molar-refractivity contribution < 1.29 is 14.4 Å². The van der Waals surface area contributed by atoms with Crippen LogP contribution in [0.25, 0.3) is 0 Å². The molecular weight excluding hydrogens is 434 g/mol. The quantitative estimate of drug-likeness (QED) is 0.651. The summed E-state index contributed by atoms with van der Waals surface area (Å²) in [6.07, 6.45) is 0.518. The van der Waals surface area contributed by atoms with Gasteiger partial charge in [0.2, 0.25) is 11.8 Å². The molecule has 1 fully saturated rings. The molecule has 6 nitrogen and oxygen atoms in total. The third kappa shape index (κ3) is 4.64. The van der Waals surface area contributed by atoms with E-state index in [1.165, 1.54) is 0 Å². The fraction of sp³-hybridized carbons (Fsp3) is 0.423. The van der Waals surface area contributed by atoms with Crippen LogP contribution < -0.4 is 10.6 Å². The predicted molar refractivity (Wildman–Crippen MR) is 130 cm³/mol. The van der Waals surface area contributed by atoms with Gasteiger partial charge in [-0.1, -0.05) is 62.4 Å². The molecule has 0 aromatic heterocycles. The van der Waals surface area contributed by atoms with Gasteiger partial charge in [-0.25, -0.2) is 0 Å². The second kappa shape index (κ2) is 9.21.